The Labute approximate surface area is 132 Å². The first kappa shape index (κ1) is 16.9. The van der Waals surface area contributed by atoms with E-state index in [0.717, 1.165) is 18.8 Å². The number of carbonyl (C=O) groups excluding carboxylic acids is 1. The quantitative estimate of drug-likeness (QED) is 0.920. The number of piperazine rings is 1. The van der Waals surface area contributed by atoms with Crippen molar-refractivity contribution >= 4 is 5.91 Å². The zero-order valence-corrected chi connectivity index (χ0v) is 14.0. The lowest BCUT2D eigenvalue weighted by molar-refractivity contribution is 0.0136. The Morgan fingerprint density at radius 1 is 1.27 bits per heavy atom. The van der Waals surface area contributed by atoms with Gasteiger partial charge in [0.2, 0.25) is 0 Å². The third kappa shape index (κ3) is 4.27. The molecule has 1 saturated heterocycles. The van der Waals surface area contributed by atoms with E-state index < -0.39 is 0 Å². The van der Waals surface area contributed by atoms with Gasteiger partial charge in [-0.25, -0.2) is 4.98 Å². The van der Waals surface area contributed by atoms with E-state index in [2.05, 4.69) is 9.88 Å². The third-order valence-corrected chi connectivity index (χ3v) is 4.20. The summed E-state index contributed by atoms with van der Waals surface area (Å²) < 4.78 is 0. The molecule has 0 radical (unpaired) electrons. The van der Waals surface area contributed by atoms with E-state index in [-0.39, 0.29) is 17.4 Å². The van der Waals surface area contributed by atoms with Gasteiger partial charge >= 0.3 is 0 Å². The maximum absolute atomic E-state index is 12.4. The van der Waals surface area contributed by atoms with Crippen molar-refractivity contribution < 1.29 is 9.90 Å². The van der Waals surface area contributed by atoms with Gasteiger partial charge in [0.1, 0.15) is 5.69 Å². The average Bonchev–Trinajstić information content (AvgIpc) is 2.46. The summed E-state index contributed by atoms with van der Waals surface area (Å²) in [6, 6.07) is 5.53. The summed E-state index contributed by atoms with van der Waals surface area (Å²) in [5.74, 6) is -0.000259. The van der Waals surface area contributed by atoms with Crippen molar-refractivity contribution in [3.8, 4) is 0 Å². The lowest BCUT2D eigenvalue weighted by Gasteiger charge is -2.37. The molecule has 22 heavy (non-hydrogen) atoms. The first-order chi connectivity index (χ1) is 10.3. The molecule has 0 unspecified atom stereocenters. The van der Waals surface area contributed by atoms with Crippen LogP contribution in [0.1, 0.15) is 37.0 Å². The molecule has 1 fully saturated rings. The van der Waals surface area contributed by atoms with E-state index in [9.17, 15) is 9.90 Å². The molecule has 5 heteroatoms. The molecule has 0 aromatic carbocycles. The van der Waals surface area contributed by atoms with Gasteiger partial charge in [-0.1, -0.05) is 26.8 Å². The summed E-state index contributed by atoms with van der Waals surface area (Å²) in [4.78, 5) is 20.8. The Morgan fingerprint density at radius 2 is 1.91 bits per heavy atom. The van der Waals surface area contributed by atoms with Crippen LogP contribution in [0.2, 0.25) is 0 Å². The number of aromatic nitrogens is 1. The van der Waals surface area contributed by atoms with Gasteiger partial charge in [-0.15, -0.1) is 0 Å². The molecule has 1 aromatic heterocycles. The lowest BCUT2D eigenvalue weighted by Crippen LogP contribution is -2.51. The Bertz CT molecular complexity index is 517. The molecular formula is C17H27N3O2. The van der Waals surface area contributed by atoms with E-state index in [1.165, 1.54) is 0 Å². The number of hydrogen-bond acceptors (Lipinski definition) is 4. The summed E-state index contributed by atoms with van der Waals surface area (Å²) in [6.45, 7) is 11.6. The highest BCUT2D eigenvalue weighted by atomic mass is 16.3. The van der Waals surface area contributed by atoms with Gasteiger partial charge in [0.05, 0.1) is 6.10 Å². The molecule has 1 amide bonds. The van der Waals surface area contributed by atoms with Crippen LogP contribution in [0.15, 0.2) is 18.2 Å². The zero-order valence-electron chi connectivity index (χ0n) is 14.0. The molecule has 5 nitrogen and oxygen atoms in total. The first-order valence-corrected chi connectivity index (χ1v) is 7.91. The Balaban J connectivity index is 1.88. The molecule has 1 N–H and O–H groups in total. The summed E-state index contributed by atoms with van der Waals surface area (Å²) >= 11 is 0. The Morgan fingerprint density at radius 3 is 2.45 bits per heavy atom. The van der Waals surface area contributed by atoms with Crippen LogP contribution in [0.4, 0.5) is 0 Å². The number of aliphatic hydroxyl groups is 1. The fraction of sp³-hybridized carbons (Fsp3) is 0.647. The normalized spacial score (nSPS) is 18.3. The molecule has 1 aromatic rings. The van der Waals surface area contributed by atoms with Gasteiger partial charge in [-0.3, -0.25) is 9.69 Å². The number of pyridine rings is 1. The minimum atomic E-state index is -0.354. The number of carbonyl (C=O) groups is 1. The van der Waals surface area contributed by atoms with Crippen molar-refractivity contribution in [2.24, 2.45) is 5.41 Å². The first-order valence-electron chi connectivity index (χ1n) is 7.91. The highest BCUT2D eigenvalue weighted by molar-refractivity contribution is 5.92. The van der Waals surface area contributed by atoms with E-state index in [1.54, 1.807) is 6.07 Å². The number of aryl methyl sites for hydroxylation is 1. The molecule has 1 aliphatic rings. The fourth-order valence-corrected chi connectivity index (χ4v) is 2.48. The SMILES string of the molecule is Cc1cccc(C(=O)N2CCN(C[C@@H](O)C(C)(C)C)CC2)n1. The summed E-state index contributed by atoms with van der Waals surface area (Å²) in [5, 5.41) is 10.2. The fourth-order valence-electron chi connectivity index (χ4n) is 2.48. The van der Waals surface area contributed by atoms with Gasteiger partial charge < -0.3 is 10.0 Å². The van der Waals surface area contributed by atoms with Crippen molar-refractivity contribution in [3.05, 3.63) is 29.6 Å². The van der Waals surface area contributed by atoms with Crippen LogP contribution in [-0.2, 0) is 0 Å². The number of nitrogens with zero attached hydrogens (tertiary/aromatic N) is 3. The molecule has 0 spiro atoms. The molecule has 1 atom stereocenters. The van der Waals surface area contributed by atoms with Gasteiger partial charge in [-0.2, -0.15) is 0 Å². The minimum Gasteiger partial charge on any atom is -0.391 e. The number of rotatable bonds is 3. The minimum absolute atomic E-state index is 0.000259. The highest BCUT2D eigenvalue weighted by Crippen LogP contribution is 2.20. The van der Waals surface area contributed by atoms with Crippen molar-refractivity contribution in [1.29, 1.82) is 0 Å². The topological polar surface area (TPSA) is 56.7 Å². The molecule has 0 saturated carbocycles. The van der Waals surface area contributed by atoms with Gasteiger partial charge in [0.25, 0.3) is 5.91 Å². The van der Waals surface area contributed by atoms with Crippen LogP contribution in [0, 0.1) is 12.3 Å². The maximum Gasteiger partial charge on any atom is 0.272 e. The second kappa shape index (κ2) is 6.75. The third-order valence-electron chi connectivity index (χ3n) is 4.20. The highest BCUT2D eigenvalue weighted by Gasteiger charge is 2.28. The summed E-state index contributed by atoms with van der Waals surface area (Å²) in [7, 11) is 0. The van der Waals surface area contributed by atoms with E-state index in [1.807, 2.05) is 44.7 Å². The average molecular weight is 305 g/mol. The second-order valence-corrected chi connectivity index (χ2v) is 7.14. The monoisotopic (exact) mass is 305 g/mol. The molecule has 0 aliphatic carbocycles. The van der Waals surface area contributed by atoms with Crippen LogP contribution >= 0.6 is 0 Å². The van der Waals surface area contributed by atoms with Crippen molar-refractivity contribution in [3.63, 3.8) is 0 Å². The van der Waals surface area contributed by atoms with E-state index in [4.69, 9.17) is 0 Å². The van der Waals surface area contributed by atoms with Gasteiger partial charge in [0, 0.05) is 38.4 Å². The van der Waals surface area contributed by atoms with Gasteiger partial charge in [0.15, 0.2) is 0 Å². The van der Waals surface area contributed by atoms with Crippen molar-refractivity contribution in [2.75, 3.05) is 32.7 Å². The van der Waals surface area contributed by atoms with Crippen LogP contribution in [0.25, 0.3) is 0 Å². The second-order valence-electron chi connectivity index (χ2n) is 7.14. The van der Waals surface area contributed by atoms with Gasteiger partial charge in [-0.05, 0) is 24.5 Å². The standard InChI is InChI=1S/C17H27N3O2/c1-13-6-5-7-14(18-13)16(22)20-10-8-19(9-11-20)12-15(21)17(2,3)4/h5-7,15,21H,8-12H2,1-4H3/t15-/m1/s1. The number of amides is 1. The molecule has 1 aliphatic heterocycles. The van der Waals surface area contributed by atoms with Crippen LogP contribution in [0.3, 0.4) is 0 Å². The number of β-amino-alcohol motifs (C(OH)–C–C–N with tert-alkyl or cyclic N) is 1. The molecule has 2 rings (SSSR count). The zero-order chi connectivity index (χ0) is 16.3. The predicted molar refractivity (Wildman–Crippen MR) is 86.8 cm³/mol. The van der Waals surface area contributed by atoms with Crippen molar-refractivity contribution in [2.45, 2.75) is 33.8 Å². The van der Waals surface area contributed by atoms with Crippen LogP contribution in [-0.4, -0.2) is 64.6 Å². The number of aliphatic hydroxyl groups excluding tert-OH is 1. The van der Waals surface area contributed by atoms with Crippen LogP contribution in [0.5, 0.6) is 0 Å². The maximum atomic E-state index is 12.4. The summed E-state index contributed by atoms with van der Waals surface area (Å²) in [5.41, 5.74) is 1.26. The van der Waals surface area contributed by atoms with E-state index in [0.29, 0.717) is 25.3 Å². The van der Waals surface area contributed by atoms with E-state index >= 15 is 0 Å². The lowest BCUT2D eigenvalue weighted by atomic mass is 9.89. The molecular weight excluding hydrogens is 278 g/mol. The largest absolute Gasteiger partial charge is 0.391 e. The number of hydrogen-bond donors (Lipinski definition) is 1. The predicted octanol–water partition coefficient (Wildman–Crippen LogP) is 1.55. The van der Waals surface area contributed by atoms with Crippen molar-refractivity contribution in [1.82, 2.24) is 14.8 Å². The molecule has 122 valence electrons. The smallest absolute Gasteiger partial charge is 0.272 e. The Kier molecular flexibility index (Phi) is 5.19. The molecule has 0 bridgehead atoms. The molecule has 2 heterocycles. The van der Waals surface area contributed by atoms with Crippen LogP contribution < -0.4 is 0 Å². The Hall–Kier alpha value is -1.46. The summed E-state index contributed by atoms with van der Waals surface area (Å²) in [6.07, 6.45) is -0.354.